The van der Waals surface area contributed by atoms with Crippen LogP contribution in [0.3, 0.4) is 0 Å². The second-order valence-corrected chi connectivity index (χ2v) is 3.90. The van der Waals surface area contributed by atoms with Crippen molar-refractivity contribution in [1.29, 1.82) is 0 Å². The van der Waals surface area contributed by atoms with E-state index in [-0.39, 0.29) is 25.2 Å². The lowest BCUT2D eigenvalue weighted by atomic mass is 10.3. The van der Waals surface area contributed by atoms with Crippen LogP contribution in [0.4, 0.5) is 4.79 Å². The minimum Gasteiger partial charge on any atom is -0.480 e. The number of rotatable bonds is 6. The molecule has 0 aromatic rings. The molecule has 0 aliphatic rings. The molecule has 0 aromatic heterocycles. The first-order valence-corrected chi connectivity index (χ1v) is 5.24. The van der Waals surface area contributed by atoms with Crippen LogP contribution in [-0.2, 0) is 4.79 Å². The van der Waals surface area contributed by atoms with E-state index >= 15 is 0 Å². The Kier molecular flexibility index (Phi) is 6.48. The molecule has 0 aliphatic carbocycles. The Morgan fingerprint density at radius 1 is 1.31 bits per heavy atom. The van der Waals surface area contributed by atoms with Crippen molar-refractivity contribution >= 4 is 12.0 Å². The van der Waals surface area contributed by atoms with Crippen LogP contribution in [0.2, 0.25) is 0 Å². The first-order chi connectivity index (χ1) is 7.40. The first kappa shape index (κ1) is 14.7. The van der Waals surface area contributed by atoms with Gasteiger partial charge in [0.2, 0.25) is 0 Å². The van der Waals surface area contributed by atoms with Crippen molar-refractivity contribution in [3.8, 4) is 0 Å². The number of hydrogen-bond donors (Lipinski definition) is 2. The zero-order valence-electron chi connectivity index (χ0n) is 10.0. The van der Waals surface area contributed by atoms with Crippen LogP contribution < -0.4 is 0 Å². The zero-order chi connectivity index (χ0) is 12.7. The molecule has 0 rings (SSSR count). The van der Waals surface area contributed by atoms with Gasteiger partial charge in [0.05, 0.1) is 0 Å². The van der Waals surface area contributed by atoms with Gasteiger partial charge in [0.25, 0.3) is 0 Å². The monoisotopic (exact) mass is 232 g/mol. The largest absolute Gasteiger partial charge is 0.480 e. The van der Waals surface area contributed by atoms with E-state index < -0.39 is 5.97 Å². The molecule has 0 radical (unpaired) electrons. The Morgan fingerprint density at radius 3 is 2.25 bits per heavy atom. The van der Waals surface area contributed by atoms with Gasteiger partial charge in [-0.3, -0.25) is 4.79 Å². The molecule has 2 amide bonds. The summed E-state index contributed by atoms with van der Waals surface area (Å²) < 4.78 is 0. The van der Waals surface area contributed by atoms with Crippen molar-refractivity contribution in [3.63, 3.8) is 0 Å². The number of carbonyl (C=O) groups is 2. The summed E-state index contributed by atoms with van der Waals surface area (Å²) in [6, 6.07) is -0.346. The van der Waals surface area contributed by atoms with E-state index in [9.17, 15) is 9.59 Å². The maximum absolute atomic E-state index is 11.8. The van der Waals surface area contributed by atoms with Gasteiger partial charge in [0.1, 0.15) is 6.54 Å². The van der Waals surface area contributed by atoms with Crippen molar-refractivity contribution < 1.29 is 19.8 Å². The summed E-state index contributed by atoms with van der Waals surface area (Å²) in [4.78, 5) is 25.0. The van der Waals surface area contributed by atoms with E-state index in [1.165, 1.54) is 7.05 Å². The smallest absolute Gasteiger partial charge is 0.323 e. The van der Waals surface area contributed by atoms with E-state index in [0.29, 0.717) is 13.0 Å². The number of urea groups is 1. The van der Waals surface area contributed by atoms with Gasteiger partial charge >= 0.3 is 12.0 Å². The van der Waals surface area contributed by atoms with Gasteiger partial charge in [-0.05, 0) is 20.3 Å². The maximum atomic E-state index is 11.8. The third-order valence-corrected chi connectivity index (χ3v) is 2.13. The summed E-state index contributed by atoms with van der Waals surface area (Å²) in [6.45, 7) is 3.82. The fourth-order valence-corrected chi connectivity index (χ4v) is 1.31. The third kappa shape index (κ3) is 4.97. The predicted octanol–water partition coefficient (Wildman–Crippen LogP) is 0.216. The summed E-state index contributed by atoms with van der Waals surface area (Å²) in [5, 5.41) is 17.3. The Labute approximate surface area is 95.5 Å². The summed E-state index contributed by atoms with van der Waals surface area (Å²) >= 11 is 0. The van der Waals surface area contributed by atoms with Gasteiger partial charge in [0, 0.05) is 26.2 Å². The molecule has 0 unspecified atom stereocenters. The molecule has 16 heavy (non-hydrogen) atoms. The van der Waals surface area contributed by atoms with Crippen molar-refractivity contribution in [1.82, 2.24) is 9.80 Å². The number of aliphatic hydroxyl groups is 1. The highest BCUT2D eigenvalue weighted by Crippen LogP contribution is 2.04. The molecule has 94 valence electrons. The number of carbonyl (C=O) groups excluding carboxylic acids is 1. The van der Waals surface area contributed by atoms with Crippen LogP contribution in [-0.4, -0.2) is 64.8 Å². The lowest BCUT2D eigenvalue weighted by molar-refractivity contribution is -0.137. The standard InChI is InChI=1S/C10H20N2O4/c1-8(2)12(5-4-6-13)10(16)11(3)7-9(14)15/h8,13H,4-7H2,1-3H3,(H,14,15). The summed E-state index contributed by atoms with van der Waals surface area (Å²) in [7, 11) is 1.45. The highest BCUT2D eigenvalue weighted by Gasteiger charge is 2.21. The van der Waals surface area contributed by atoms with Crippen LogP contribution >= 0.6 is 0 Å². The fraction of sp³-hybridized carbons (Fsp3) is 0.800. The molecule has 0 bridgehead atoms. The Bertz CT molecular complexity index is 243. The van der Waals surface area contributed by atoms with Crippen molar-refractivity contribution in [2.75, 3.05) is 26.7 Å². The fourth-order valence-electron chi connectivity index (χ4n) is 1.31. The van der Waals surface area contributed by atoms with Gasteiger partial charge in [0.15, 0.2) is 0 Å². The second-order valence-electron chi connectivity index (χ2n) is 3.90. The molecule has 0 aliphatic heterocycles. The molecule has 0 spiro atoms. The average molecular weight is 232 g/mol. The topological polar surface area (TPSA) is 81.1 Å². The number of aliphatic carboxylic acids is 1. The van der Waals surface area contributed by atoms with Gasteiger partial charge in [-0.1, -0.05) is 0 Å². The number of nitrogens with zero attached hydrogens (tertiary/aromatic N) is 2. The van der Waals surface area contributed by atoms with Gasteiger partial charge < -0.3 is 20.0 Å². The van der Waals surface area contributed by atoms with Crippen LogP contribution in [0.25, 0.3) is 0 Å². The minimum absolute atomic E-state index is 0.0130. The van der Waals surface area contributed by atoms with Crippen LogP contribution in [0.15, 0.2) is 0 Å². The number of aliphatic hydroxyl groups excluding tert-OH is 1. The lowest BCUT2D eigenvalue weighted by Crippen LogP contribution is -2.46. The zero-order valence-corrected chi connectivity index (χ0v) is 10.0. The van der Waals surface area contributed by atoms with Gasteiger partial charge in [-0.15, -0.1) is 0 Å². The molecular weight excluding hydrogens is 212 g/mol. The third-order valence-electron chi connectivity index (χ3n) is 2.13. The maximum Gasteiger partial charge on any atom is 0.323 e. The number of likely N-dealkylation sites (N-methyl/N-ethyl adjacent to an activating group) is 1. The van der Waals surface area contributed by atoms with E-state index in [1.54, 1.807) is 4.90 Å². The number of hydrogen-bond acceptors (Lipinski definition) is 3. The Hall–Kier alpha value is -1.30. The van der Waals surface area contributed by atoms with Gasteiger partial charge in [-0.2, -0.15) is 0 Å². The molecule has 2 N–H and O–H groups in total. The van der Waals surface area contributed by atoms with Crippen LogP contribution in [0.1, 0.15) is 20.3 Å². The molecular formula is C10H20N2O4. The minimum atomic E-state index is -1.04. The van der Waals surface area contributed by atoms with E-state index in [0.717, 1.165) is 4.90 Å². The summed E-state index contributed by atoms with van der Waals surface area (Å²) in [5.74, 6) is -1.04. The lowest BCUT2D eigenvalue weighted by Gasteiger charge is -2.30. The molecule has 6 nitrogen and oxygen atoms in total. The highest BCUT2D eigenvalue weighted by atomic mass is 16.4. The Balaban J connectivity index is 4.41. The molecule has 0 saturated heterocycles. The second kappa shape index (κ2) is 7.05. The van der Waals surface area contributed by atoms with E-state index in [2.05, 4.69) is 0 Å². The number of amides is 2. The van der Waals surface area contributed by atoms with Crippen molar-refractivity contribution in [2.24, 2.45) is 0 Å². The summed E-state index contributed by atoms with van der Waals surface area (Å²) in [6.07, 6.45) is 0.491. The number of carboxylic acid groups (broad SMARTS) is 1. The van der Waals surface area contributed by atoms with E-state index in [1.807, 2.05) is 13.8 Å². The first-order valence-electron chi connectivity index (χ1n) is 5.24. The molecule has 0 atom stereocenters. The van der Waals surface area contributed by atoms with Crippen molar-refractivity contribution in [3.05, 3.63) is 0 Å². The van der Waals surface area contributed by atoms with Crippen LogP contribution in [0.5, 0.6) is 0 Å². The van der Waals surface area contributed by atoms with Crippen LogP contribution in [0, 0.1) is 0 Å². The predicted molar refractivity (Wildman–Crippen MR) is 59.2 cm³/mol. The molecule has 0 aromatic carbocycles. The quantitative estimate of drug-likeness (QED) is 0.686. The highest BCUT2D eigenvalue weighted by molar-refractivity contribution is 5.80. The molecule has 6 heteroatoms. The molecule has 0 fully saturated rings. The molecule has 0 saturated carbocycles. The van der Waals surface area contributed by atoms with Gasteiger partial charge in [-0.25, -0.2) is 4.79 Å². The summed E-state index contributed by atoms with van der Waals surface area (Å²) in [5.41, 5.74) is 0. The van der Waals surface area contributed by atoms with Crippen molar-refractivity contribution in [2.45, 2.75) is 26.3 Å². The average Bonchev–Trinajstić information content (AvgIpc) is 2.16. The number of carboxylic acids is 1. The Morgan fingerprint density at radius 2 is 1.88 bits per heavy atom. The molecule has 0 heterocycles. The SMILES string of the molecule is CC(C)N(CCCO)C(=O)N(C)CC(=O)O. The van der Waals surface area contributed by atoms with E-state index in [4.69, 9.17) is 10.2 Å². The normalized spacial score (nSPS) is 10.3.